The van der Waals surface area contributed by atoms with E-state index in [1.165, 1.54) is 5.56 Å². The highest BCUT2D eigenvalue weighted by atomic mass is 79.9. The number of aryl methyl sites for hydroxylation is 1. The fraction of sp³-hybridized carbons (Fsp3) is 0.176. The zero-order chi connectivity index (χ0) is 16.7. The number of carbonyl (C=O) groups is 1. The first kappa shape index (κ1) is 17.0. The van der Waals surface area contributed by atoms with E-state index < -0.39 is 0 Å². The van der Waals surface area contributed by atoms with Crippen LogP contribution < -0.4 is 16.4 Å². The molecule has 0 aliphatic carbocycles. The number of carbonyl (C=O) groups excluding carboxylic acids is 1. The highest BCUT2D eigenvalue weighted by Gasteiger charge is 2.03. The molecular formula is C17H19BrN4O. The zero-order valence-corrected chi connectivity index (χ0v) is 14.4. The van der Waals surface area contributed by atoms with Crippen LogP contribution in [0.5, 0.6) is 0 Å². The summed E-state index contributed by atoms with van der Waals surface area (Å²) in [6, 6.07) is 15.3. The monoisotopic (exact) mass is 374 g/mol. The lowest BCUT2D eigenvalue weighted by Gasteiger charge is -2.07. The summed E-state index contributed by atoms with van der Waals surface area (Å²) in [4.78, 5) is 15.9. The molecule has 0 unspecified atom stereocenters. The maximum atomic E-state index is 11.9. The molecule has 4 N–H and O–H groups in total. The van der Waals surface area contributed by atoms with Crippen molar-refractivity contribution < 1.29 is 4.79 Å². The SMILES string of the molecule is CCc1cccc(NC(N)=NCC(=O)Nc2cccc(Br)c2)c1. The third-order valence-electron chi connectivity index (χ3n) is 3.11. The molecular weight excluding hydrogens is 356 g/mol. The second-order valence-electron chi connectivity index (χ2n) is 4.94. The molecule has 0 radical (unpaired) electrons. The fourth-order valence-corrected chi connectivity index (χ4v) is 2.38. The number of anilines is 2. The van der Waals surface area contributed by atoms with Gasteiger partial charge < -0.3 is 16.4 Å². The Morgan fingerprint density at radius 2 is 1.83 bits per heavy atom. The number of aliphatic imine (C=N–C) groups is 1. The Morgan fingerprint density at radius 1 is 1.13 bits per heavy atom. The minimum Gasteiger partial charge on any atom is -0.370 e. The van der Waals surface area contributed by atoms with Gasteiger partial charge in [0, 0.05) is 15.8 Å². The van der Waals surface area contributed by atoms with E-state index in [1.54, 1.807) is 0 Å². The van der Waals surface area contributed by atoms with Gasteiger partial charge in [0.05, 0.1) is 0 Å². The first-order chi connectivity index (χ1) is 11.1. The number of nitrogens with two attached hydrogens (primary N) is 1. The Kier molecular flexibility index (Phi) is 6.17. The van der Waals surface area contributed by atoms with E-state index >= 15 is 0 Å². The van der Waals surface area contributed by atoms with Crippen molar-refractivity contribution in [2.45, 2.75) is 13.3 Å². The van der Waals surface area contributed by atoms with Crippen molar-refractivity contribution in [1.82, 2.24) is 0 Å². The number of amides is 1. The predicted octanol–water partition coefficient (Wildman–Crippen LogP) is 3.38. The highest BCUT2D eigenvalue weighted by Crippen LogP contribution is 2.15. The van der Waals surface area contributed by atoms with E-state index in [-0.39, 0.29) is 18.4 Å². The number of halogens is 1. The molecule has 2 aromatic rings. The number of rotatable bonds is 5. The topological polar surface area (TPSA) is 79.5 Å². The van der Waals surface area contributed by atoms with Gasteiger partial charge in [0.2, 0.25) is 5.91 Å². The number of hydrogen-bond acceptors (Lipinski definition) is 2. The maximum Gasteiger partial charge on any atom is 0.246 e. The summed E-state index contributed by atoms with van der Waals surface area (Å²) in [5.74, 6) is -0.0159. The van der Waals surface area contributed by atoms with Gasteiger partial charge in [0.15, 0.2) is 5.96 Å². The normalized spacial score (nSPS) is 11.1. The first-order valence-corrected chi connectivity index (χ1v) is 8.07. The van der Waals surface area contributed by atoms with Gasteiger partial charge in [-0.3, -0.25) is 4.79 Å². The molecule has 0 heterocycles. The van der Waals surface area contributed by atoms with Crippen LogP contribution in [0.15, 0.2) is 58.0 Å². The Balaban J connectivity index is 1.89. The first-order valence-electron chi connectivity index (χ1n) is 7.28. The summed E-state index contributed by atoms with van der Waals surface area (Å²) in [7, 11) is 0. The Labute approximate surface area is 144 Å². The molecule has 2 aromatic carbocycles. The lowest BCUT2D eigenvalue weighted by atomic mass is 10.1. The summed E-state index contributed by atoms with van der Waals surface area (Å²) in [6.45, 7) is 2.04. The molecule has 0 aliphatic heterocycles. The number of nitrogens with one attached hydrogen (secondary N) is 2. The number of guanidine groups is 1. The Bertz CT molecular complexity index is 715. The second kappa shape index (κ2) is 8.33. The van der Waals surface area contributed by atoms with E-state index in [0.717, 1.165) is 16.6 Å². The Hall–Kier alpha value is -2.34. The summed E-state index contributed by atoms with van der Waals surface area (Å²) in [5.41, 5.74) is 8.59. The molecule has 2 rings (SSSR count). The molecule has 23 heavy (non-hydrogen) atoms. The van der Waals surface area contributed by atoms with Gasteiger partial charge in [0.25, 0.3) is 0 Å². The molecule has 0 saturated carbocycles. The average molecular weight is 375 g/mol. The van der Waals surface area contributed by atoms with E-state index in [9.17, 15) is 4.79 Å². The number of nitrogens with zero attached hydrogens (tertiary/aromatic N) is 1. The van der Waals surface area contributed by atoms with Gasteiger partial charge in [-0.2, -0.15) is 0 Å². The molecule has 0 bridgehead atoms. The van der Waals surface area contributed by atoms with E-state index in [4.69, 9.17) is 5.73 Å². The lowest BCUT2D eigenvalue weighted by Crippen LogP contribution is -2.25. The molecule has 0 spiro atoms. The van der Waals surface area contributed by atoms with E-state index in [1.807, 2.05) is 48.5 Å². The summed E-state index contributed by atoms with van der Waals surface area (Å²) in [5, 5.41) is 5.75. The van der Waals surface area contributed by atoms with Gasteiger partial charge in [-0.1, -0.05) is 41.1 Å². The minimum atomic E-state index is -0.227. The maximum absolute atomic E-state index is 11.9. The van der Waals surface area contributed by atoms with Crippen molar-refractivity contribution in [3.8, 4) is 0 Å². The van der Waals surface area contributed by atoms with Crippen LogP contribution in [-0.4, -0.2) is 18.4 Å². The lowest BCUT2D eigenvalue weighted by molar-refractivity contribution is -0.114. The van der Waals surface area contributed by atoms with Crippen molar-refractivity contribution in [1.29, 1.82) is 0 Å². The third kappa shape index (κ3) is 5.75. The summed E-state index contributed by atoms with van der Waals surface area (Å²) in [6.07, 6.45) is 0.946. The van der Waals surface area contributed by atoms with Crippen LogP contribution in [0.3, 0.4) is 0 Å². The van der Waals surface area contributed by atoms with Crippen molar-refractivity contribution in [2.24, 2.45) is 10.7 Å². The minimum absolute atomic E-state index is 0.0428. The smallest absolute Gasteiger partial charge is 0.246 e. The fourth-order valence-electron chi connectivity index (χ4n) is 1.98. The molecule has 120 valence electrons. The van der Waals surface area contributed by atoms with Crippen LogP contribution in [0, 0.1) is 0 Å². The van der Waals surface area contributed by atoms with Crippen molar-refractivity contribution >= 4 is 39.2 Å². The van der Waals surface area contributed by atoms with Crippen LogP contribution in [0.4, 0.5) is 11.4 Å². The van der Waals surface area contributed by atoms with E-state index in [2.05, 4.69) is 38.5 Å². The third-order valence-corrected chi connectivity index (χ3v) is 3.60. The number of hydrogen-bond donors (Lipinski definition) is 3. The predicted molar refractivity (Wildman–Crippen MR) is 98.7 cm³/mol. The van der Waals surface area contributed by atoms with Crippen LogP contribution in [0.2, 0.25) is 0 Å². The standard InChI is InChI=1S/C17H19BrN4O/c1-2-12-5-3-7-14(9-12)22-17(19)20-11-16(23)21-15-8-4-6-13(18)10-15/h3-10H,2,11H2,1H3,(H,21,23)(H3,19,20,22). The van der Waals surface area contributed by atoms with Crippen LogP contribution >= 0.6 is 15.9 Å². The molecule has 6 heteroatoms. The van der Waals surface area contributed by atoms with Crippen molar-refractivity contribution in [2.75, 3.05) is 17.2 Å². The zero-order valence-electron chi connectivity index (χ0n) is 12.8. The summed E-state index contributed by atoms with van der Waals surface area (Å²) >= 11 is 3.35. The van der Waals surface area contributed by atoms with Crippen molar-refractivity contribution in [3.63, 3.8) is 0 Å². The molecule has 0 saturated heterocycles. The Morgan fingerprint density at radius 3 is 2.52 bits per heavy atom. The average Bonchev–Trinajstić information content (AvgIpc) is 2.53. The molecule has 1 amide bonds. The molecule has 0 aliphatic rings. The van der Waals surface area contributed by atoms with Crippen molar-refractivity contribution in [3.05, 3.63) is 58.6 Å². The van der Waals surface area contributed by atoms with E-state index in [0.29, 0.717) is 5.69 Å². The van der Waals surface area contributed by atoms with Gasteiger partial charge in [-0.05, 0) is 42.3 Å². The molecule has 0 fully saturated rings. The van der Waals surface area contributed by atoms with Crippen LogP contribution in [-0.2, 0) is 11.2 Å². The summed E-state index contributed by atoms with van der Waals surface area (Å²) < 4.78 is 0.899. The van der Waals surface area contributed by atoms with Gasteiger partial charge in [-0.15, -0.1) is 0 Å². The van der Waals surface area contributed by atoms with Gasteiger partial charge >= 0.3 is 0 Å². The highest BCUT2D eigenvalue weighted by molar-refractivity contribution is 9.10. The second-order valence-corrected chi connectivity index (χ2v) is 5.85. The largest absolute Gasteiger partial charge is 0.370 e. The quantitative estimate of drug-likeness (QED) is 0.554. The van der Waals surface area contributed by atoms with Crippen LogP contribution in [0.1, 0.15) is 12.5 Å². The molecule has 5 nitrogen and oxygen atoms in total. The molecule has 0 atom stereocenters. The van der Waals surface area contributed by atoms with Crippen LogP contribution in [0.25, 0.3) is 0 Å². The molecule has 0 aromatic heterocycles. The van der Waals surface area contributed by atoms with Gasteiger partial charge in [-0.25, -0.2) is 4.99 Å². The van der Waals surface area contributed by atoms with Gasteiger partial charge in [0.1, 0.15) is 6.54 Å². The number of benzene rings is 2.